The highest BCUT2D eigenvalue weighted by Gasteiger charge is 2.15. The van der Waals surface area contributed by atoms with E-state index in [4.69, 9.17) is 33.7 Å². The fourth-order valence-electron chi connectivity index (χ4n) is 2.57. The first-order valence-electron chi connectivity index (χ1n) is 8.86. The van der Waals surface area contributed by atoms with Crippen molar-refractivity contribution in [2.45, 2.75) is 13.2 Å². The van der Waals surface area contributed by atoms with Crippen LogP contribution < -0.4 is 21.1 Å². The molecule has 3 rings (SSSR count). The van der Waals surface area contributed by atoms with Crippen LogP contribution in [0.4, 0.5) is 5.82 Å². The number of hydrogen-bond donors (Lipinski definition) is 3. The number of nitrogen functional groups attached to an aromatic ring is 1. The van der Waals surface area contributed by atoms with Gasteiger partial charge in [0.1, 0.15) is 12.4 Å². The van der Waals surface area contributed by atoms with Crippen LogP contribution in [0.25, 0.3) is 0 Å². The van der Waals surface area contributed by atoms with Gasteiger partial charge in [0.2, 0.25) is 11.5 Å². The fourth-order valence-corrected chi connectivity index (χ4v) is 3.49. The molecule has 0 radical (unpaired) electrons. The average molecular weight is 515 g/mol. The highest BCUT2D eigenvalue weighted by atomic mass is 79.9. The zero-order valence-corrected chi connectivity index (χ0v) is 18.7. The van der Waals surface area contributed by atoms with Gasteiger partial charge in [-0.15, -0.1) is 0 Å². The summed E-state index contributed by atoms with van der Waals surface area (Å²) >= 11 is 15.9. The fraction of sp³-hybridized carbons (Fsp3) is 0.211. The second-order valence-corrected chi connectivity index (χ2v) is 7.90. The molecule has 0 unspecified atom stereocenters. The summed E-state index contributed by atoms with van der Waals surface area (Å²) in [5.74, 6) is 0.209. The second-order valence-electron chi connectivity index (χ2n) is 6.17. The van der Waals surface area contributed by atoms with Crippen LogP contribution in [-0.4, -0.2) is 29.3 Å². The summed E-state index contributed by atoms with van der Waals surface area (Å²) in [6.45, 7) is 1.65. The van der Waals surface area contributed by atoms with E-state index in [9.17, 15) is 4.79 Å². The number of benzene rings is 2. The molecular formula is C19H18BrCl2N5O3. The molecule has 11 heteroatoms. The Balaban J connectivity index is 1.52. The van der Waals surface area contributed by atoms with E-state index in [0.29, 0.717) is 35.4 Å². The van der Waals surface area contributed by atoms with Crippen LogP contribution in [0.15, 0.2) is 45.5 Å². The third-order valence-electron chi connectivity index (χ3n) is 4.09. The van der Waals surface area contributed by atoms with E-state index in [-0.39, 0.29) is 18.1 Å². The topological polar surface area (TPSA) is 115 Å². The zero-order chi connectivity index (χ0) is 21.5. The van der Waals surface area contributed by atoms with Crippen molar-refractivity contribution in [1.82, 2.24) is 20.9 Å². The molecule has 0 aliphatic carbocycles. The van der Waals surface area contributed by atoms with E-state index in [1.54, 1.807) is 18.2 Å². The molecule has 0 atom stereocenters. The van der Waals surface area contributed by atoms with E-state index in [1.807, 2.05) is 18.2 Å². The molecule has 1 aromatic heterocycles. The van der Waals surface area contributed by atoms with Crippen molar-refractivity contribution in [1.29, 1.82) is 0 Å². The number of aromatic nitrogens is 2. The number of carbonyl (C=O) groups excluding carboxylic acids is 1. The first-order valence-corrected chi connectivity index (χ1v) is 10.4. The van der Waals surface area contributed by atoms with Crippen LogP contribution in [0.1, 0.15) is 21.6 Å². The van der Waals surface area contributed by atoms with Crippen LogP contribution >= 0.6 is 39.1 Å². The summed E-state index contributed by atoms with van der Waals surface area (Å²) in [6.07, 6.45) is 0. The third-order valence-corrected chi connectivity index (χ3v) is 5.29. The van der Waals surface area contributed by atoms with Gasteiger partial charge in [-0.1, -0.05) is 45.2 Å². The first-order chi connectivity index (χ1) is 14.5. The average Bonchev–Trinajstić information content (AvgIpc) is 3.14. The lowest BCUT2D eigenvalue weighted by Crippen LogP contribution is -2.32. The van der Waals surface area contributed by atoms with Gasteiger partial charge in [0.15, 0.2) is 0 Å². The summed E-state index contributed by atoms with van der Waals surface area (Å²) < 4.78 is 11.3. The summed E-state index contributed by atoms with van der Waals surface area (Å²) in [4.78, 5) is 11.9. The normalized spacial score (nSPS) is 10.8. The Kier molecular flexibility index (Phi) is 7.92. The maximum Gasteiger partial charge on any atom is 0.277 e. The molecular weight excluding hydrogens is 497 g/mol. The van der Waals surface area contributed by atoms with Crippen LogP contribution in [0.3, 0.4) is 0 Å². The summed E-state index contributed by atoms with van der Waals surface area (Å²) in [6, 6.07) is 11.0. The lowest BCUT2D eigenvalue weighted by atomic mass is 10.2. The minimum atomic E-state index is -0.446. The van der Waals surface area contributed by atoms with Gasteiger partial charge >= 0.3 is 0 Å². The number of nitrogens with zero attached hydrogens (tertiary/aromatic N) is 2. The van der Waals surface area contributed by atoms with Crippen molar-refractivity contribution < 1.29 is 14.2 Å². The number of ether oxygens (including phenoxy) is 1. The number of nitrogens with one attached hydrogen (secondary N) is 2. The standard InChI is InChI=1S/C19H18BrCl2N5O3/c20-12-4-5-16(29-10-13-14(21)2-1-3-15(13)22)11(8-12)9-24-6-7-25-19(28)17-18(23)27-30-26-17/h1-5,8,24H,6-7,9-10H2,(H2,23,27)(H,25,28). The Morgan fingerprint density at radius 3 is 2.63 bits per heavy atom. The van der Waals surface area contributed by atoms with Gasteiger partial charge in [0.25, 0.3) is 5.91 Å². The molecule has 3 aromatic rings. The summed E-state index contributed by atoms with van der Waals surface area (Å²) in [5, 5.41) is 13.9. The smallest absolute Gasteiger partial charge is 0.277 e. The van der Waals surface area contributed by atoms with Crippen molar-refractivity contribution in [2.75, 3.05) is 18.8 Å². The molecule has 30 heavy (non-hydrogen) atoms. The molecule has 0 aliphatic heterocycles. The molecule has 4 N–H and O–H groups in total. The molecule has 1 amide bonds. The Hall–Kier alpha value is -2.33. The number of amides is 1. The van der Waals surface area contributed by atoms with Crippen molar-refractivity contribution in [2.24, 2.45) is 0 Å². The highest BCUT2D eigenvalue weighted by Crippen LogP contribution is 2.28. The largest absolute Gasteiger partial charge is 0.488 e. The molecule has 2 aromatic carbocycles. The summed E-state index contributed by atoms with van der Waals surface area (Å²) in [5.41, 5.74) is 7.12. The van der Waals surface area contributed by atoms with Crippen molar-refractivity contribution >= 4 is 50.9 Å². The molecule has 8 nitrogen and oxygen atoms in total. The highest BCUT2D eigenvalue weighted by molar-refractivity contribution is 9.10. The van der Waals surface area contributed by atoms with Gasteiger partial charge in [-0.3, -0.25) is 4.79 Å². The van der Waals surface area contributed by atoms with Gasteiger partial charge in [0, 0.05) is 45.3 Å². The van der Waals surface area contributed by atoms with Gasteiger partial charge in [-0.25, -0.2) is 4.63 Å². The first kappa shape index (κ1) is 22.4. The van der Waals surface area contributed by atoms with E-state index in [1.165, 1.54) is 0 Å². The molecule has 0 bridgehead atoms. The number of anilines is 1. The quantitative estimate of drug-likeness (QED) is 0.372. The predicted octanol–water partition coefficient (Wildman–Crippen LogP) is 3.82. The van der Waals surface area contributed by atoms with Gasteiger partial charge in [-0.05, 0) is 40.6 Å². The Morgan fingerprint density at radius 2 is 1.93 bits per heavy atom. The van der Waals surface area contributed by atoms with E-state index < -0.39 is 5.91 Å². The molecule has 0 spiro atoms. The lowest BCUT2D eigenvalue weighted by molar-refractivity contribution is 0.0944. The van der Waals surface area contributed by atoms with Crippen LogP contribution in [0.2, 0.25) is 10.0 Å². The van der Waals surface area contributed by atoms with E-state index >= 15 is 0 Å². The van der Waals surface area contributed by atoms with Crippen molar-refractivity contribution in [3.05, 3.63) is 67.7 Å². The number of rotatable bonds is 9. The molecule has 0 saturated heterocycles. The Bertz CT molecular complexity index is 1010. The van der Waals surface area contributed by atoms with Crippen LogP contribution in [0.5, 0.6) is 5.75 Å². The van der Waals surface area contributed by atoms with Crippen molar-refractivity contribution in [3.8, 4) is 5.75 Å². The Labute approximate surface area is 191 Å². The maximum absolute atomic E-state index is 11.9. The minimum Gasteiger partial charge on any atom is -0.488 e. The van der Waals surface area contributed by atoms with Crippen molar-refractivity contribution in [3.63, 3.8) is 0 Å². The molecule has 0 aliphatic rings. The molecule has 1 heterocycles. The SMILES string of the molecule is Nc1nonc1C(=O)NCCNCc1cc(Br)ccc1OCc1c(Cl)cccc1Cl. The number of halogens is 3. The van der Waals surface area contributed by atoms with E-state index in [0.717, 1.165) is 15.6 Å². The lowest BCUT2D eigenvalue weighted by Gasteiger charge is -2.14. The second kappa shape index (κ2) is 10.6. The maximum atomic E-state index is 11.9. The van der Waals surface area contributed by atoms with Crippen LogP contribution in [-0.2, 0) is 13.2 Å². The van der Waals surface area contributed by atoms with Crippen LogP contribution in [0, 0.1) is 0 Å². The van der Waals surface area contributed by atoms with Gasteiger partial charge in [-0.2, -0.15) is 0 Å². The van der Waals surface area contributed by atoms with Gasteiger partial charge in [0.05, 0.1) is 0 Å². The van der Waals surface area contributed by atoms with E-state index in [2.05, 4.69) is 41.5 Å². The minimum absolute atomic E-state index is 0.0316. The van der Waals surface area contributed by atoms with Gasteiger partial charge < -0.3 is 21.1 Å². The third kappa shape index (κ3) is 5.85. The summed E-state index contributed by atoms with van der Waals surface area (Å²) in [7, 11) is 0. The molecule has 0 saturated carbocycles. The molecule has 158 valence electrons. The number of hydrogen-bond acceptors (Lipinski definition) is 7. The predicted molar refractivity (Wildman–Crippen MR) is 118 cm³/mol. The number of nitrogens with two attached hydrogens (primary N) is 1. The molecule has 0 fully saturated rings. The monoisotopic (exact) mass is 513 g/mol. The number of carbonyl (C=O) groups is 1. The zero-order valence-electron chi connectivity index (χ0n) is 15.6. The Morgan fingerprint density at radius 1 is 1.17 bits per heavy atom.